The van der Waals surface area contributed by atoms with E-state index in [1.54, 1.807) is 19.1 Å². The van der Waals surface area contributed by atoms with E-state index >= 15 is 0 Å². The maximum atomic E-state index is 13.8. The van der Waals surface area contributed by atoms with Crippen molar-refractivity contribution in [3.8, 4) is 5.75 Å². The van der Waals surface area contributed by atoms with Crippen molar-refractivity contribution >= 4 is 17.3 Å². The molecule has 0 spiro atoms. The molecule has 0 fully saturated rings. The van der Waals surface area contributed by atoms with Crippen LogP contribution in [0.1, 0.15) is 12.5 Å². The summed E-state index contributed by atoms with van der Waals surface area (Å²) in [6.45, 7) is 4.03. The quantitative estimate of drug-likeness (QED) is 0.574. The first-order chi connectivity index (χ1) is 9.65. The van der Waals surface area contributed by atoms with Crippen LogP contribution in [0.5, 0.6) is 5.75 Å². The number of nitrogens with one attached hydrogen (secondary N) is 2. The molecule has 0 saturated heterocycles. The molecular formula is C13H16FN5O. The number of benzene rings is 1. The van der Waals surface area contributed by atoms with Crippen molar-refractivity contribution in [1.29, 1.82) is 0 Å². The second-order valence-electron chi connectivity index (χ2n) is 4.04. The van der Waals surface area contributed by atoms with E-state index in [1.165, 1.54) is 12.4 Å². The Balaban J connectivity index is 2.24. The molecule has 1 aromatic heterocycles. The molecule has 4 N–H and O–H groups in total. The standard InChI is InChI=1S/C13H16FN5O/c1-3-20-11-5-4-9(6-10(11)14)18-12-8(2)13(19-15)17-7-16-12/h4-7H,3,15H2,1-2H3,(H2,16,17,18,19). The Kier molecular flexibility index (Phi) is 4.31. The molecule has 2 rings (SSSR count). The van der Waals surface area contributed by atoms with Crippen LogP contribution in [0.2, 0.25) is 0 Å². The number of aromatic nitrogens is 2. The predicted octanol–water partition coefficient (Wildman–Crippen LogP) is 2.35. The van der Waals surface area contributed by atoms with Crippen LogP contribution in [0, 0.1) is 12.7 Å². The molecule has 106 valence electrons. The normalized spacial score (nSPS) is 10.2. The minimum atomic E-state index is -0.430. The van der Waals surface area contributed by atoms with Gasteiger partial charge in [-0.15, -0.1) is 0 Å². The third kappa shape index (κ3) is 2.94. The molecule has 7 heteroatoms. The predicted molar refractivity (Wildman–Crippen MR) is 75.4 cm³/mol. The van der Waals surface area contributed by atoms with Crippen LogP contribution >= 0.6 is 0 Å². The van der Waals surface area contributed by atoms with Crippen molar-refractivity contribution in [1.82, 2.24) is 9.97 Å². The van der Waals surface area contributed by atoms with Crippen LogP contribution < -0.4 is 21.3 Å². The number of hydrogen-bond acceptors (Lipinski definition) is 6. The van der Waals surface area contributed by atoms with E-state index in [0.29, 0.717) is 23.9 Å². The fraction of sp³-hybridized carbons (Fsp3) is 0.231. The summed E-state index contributed by atoms with van der Waals surface area (Å²) >= 11 is 0. The number of ether oxygens (including phenoxy) is 1. The van der Waals surface area contributed by atoms with Gasteiger partial charge in [0.1, 0.15) is 18.0 Å². The summed E-state index contributed by atoms with van der Waals surface area (Å²) in [5, 5.41) is 3.01. The first-order valence-corrected chi connectivity index (χ1v) is 6.13. The van der Waals surface area contributed by atoms with Gasteiger partial charge in [-0.3, -0.25) is 0 Å². The summed E-state index contributed by atoms with van der Waals surface area (Å²) < 4.78 is 18.9. The highest BCUT2D eigenvalue weighted by atomic mass is 19.1. The molecule has 6 nitrogen and oxygen atoms in total. The monoisotopic (exact) mass is 277 g/mol. The van der Waals surface area contributed by atoms with Gasteiger partial charge in [-0.05, 0) is 26.0 Å². The lowest BCUT2D eigenvalue weighted by atomic mass is 10.2. The van der Waals surface area contributed by atoms with Crippen LogP contribution in [0.4, 0.5) is 21.7 Å². The van der Waals surface area contributed by atoms with Crippen LogP contribution in [0.15, 0.2) is 24.5 Å². The number of halogens is 1. The molecule has 0 radical (unpaired) electrons. The summed E-state index contributed by atoms with van der Waals surface area (Å²) in [6.07, 6.45) is 1.37. The number of hydrazine groups is 1. The fourth-order valence-electron chi connectivity index (χ4n) is 1.71. The molecule has 2 aromatic rings. The first-order valence-electron chi connectivity index (χ1n) is 6.13. The second kappa shape index (κ2) is 6.16. The number of nitrogens with two attached hydrogens (primary N) is 1. The minimum absolute atomic E-state index is 0.224. The van der Waals surface area contributed by atoms with Gasteiger partial charge in [0, 0.05) is 17.3 Å². The molecule has 0 amide bonds. The topological polar surface area (TPSA) is 85.1 Å². The van der Waals surface area contributed by atoms with Crippen molar-refractivity contribution in [3.63, 3.8) is 0 Å². The van der Waals surface area contributed by atoms with E-state index in [2.05, 4.69) is 20.7 Å². The largest absolute Gasteiger partial charge is 0.491 e. The van der Waals surface area contributed by atoms with Crippen LogP contribution in [-0.2, 0) is 0 Å². The third-order valence-electron chi connectivity index (χ3n) is 2.72. The number of rotatable bonds is 5. The molecule has 0 aliphatic heterocycles. The highest BCUT2D eigenvalue weighted by Gasteiger charge is 2.08. The van der Waals surface area contributed by atoms with Crippen molar-refractivity contribution in [2.24, 2.45) is 5.84 Å². The van der Waals surface area contributed by atoms with Crippen LogP contribution in [0.3, 0.4) is 0 Å². The summed E-state index contributed by atoms with van der Waals surface area (Å²) in [6, 6.07) is 4.63. The molecule has 0 saturated carbocycles. The minimum Gasteiger partial charge on any atom is -0.491 e. The maximum absolute atomic E-state index is 13.8. The van der Waals surface area contributed by atoms with Gasteiger partial charge in [-0.2, -0.15) is 0 Å². The van der Waals surface area contributed by atoms with E-state index < -0.39 is 5.82 Å². The lowest BCUT2D eigenvalue weighted by Gasteiger charge is -2.12. The van der Waals surface area contributed by atoms with Gasteiger partial charge < -0.3 is 15.5 Å². The lowest BCUT2D eigenvalue weighted by molar-refractivity contribution is 0.321. The summed E-state index contributed by atoms with van der Waals surface area (Å²) in [5.41, 5.74) is 3.78. The Hall–Kier alpha value is -2.41. The number of nitrogen functional groups attached to an aromatic ring is 1. The molecular weight excluding hydrogens is 261 g/mol. The average Bonchev–Trinajstić information content (AvgIpc) is 2.44. The molecule has 0 unspecified atom stereocenters. The van der Waals surface area contributed by atoms with Crippen molar-refractivity contribution in [2.45, 2.75) is 13.8 Å². The van der Waals surface area contributed by atoms with Gasteiger partial charge >= 0.3 is 0 Å². The molecule has 0 aliphatic rings. The lowest BCUT2D eigenvalue weighted by Crippen LogP contribution is -2.11. The summed E-state index contributed by atoms with van der Waals surface area (Å²) in [4.78, 5) is 8.07. The summed E-state index contributed by atoms with van der Waals surface area (Å²) in [7, 11) is 0. The Morgan fingerprint density at radius 1 is 1.30 bits per heavy atom. The van der Waals surface area contributed by atoms with Gasteiger partial charge in [0.05, 0.1) is 6.61 Å². The molecule has 0 aliphatic carbocycles. The van der Waals surface area contributed by atoms with Crippen molar-refractivity contribution in [3.05, 3.63) is 35.9 Å². The summed E-state index contributed by atoms with van der Waals surface area (Å²) in [5.74, 6) is 6.20. The molecule has 0 atom stereocenters. The number of hydrogen-bond donors (Lipinski definition) is 3. The van der Waals surface area contributed by atoms with Crippen LogP contribution in [0.25, 0.3) is 0 Å². The zero-order valence-corrected chi connectivity index (χ0v) is 11.3. The maximum Gasteiger partial charge on any atom is 0.167 e. The Labute approximate surface area is 116 Å². The van der Waals surface area contributed by atoms with Gasteiger partial charge in [-0.1, -0.05) is 0 Å². The van der Waals surface area contributed by atoms with Crippen molar-refractivity contribution < 1.29 is 9.13 Å². The zero-order chi connectivity index (χ0) is 14.5. The molecule has 20 heavy (non-hydrogen) atoms. The third-order valence-corrected chi connectivity index (χ3v) is 2.72. The number of anilines is 3. The van der Waals surface area contributed by atoms with E-state index in [1.807, 2.05) is 6.92 Å². The highest BCUT2D eigenvalue weighted by Crippen LogP contribution is 2.25. The fourth-order valence-corrected chi connectivity index (χ4v) is 1.71. The molecule has 1 heterocycles. The van der Waals surface area contributed by atoms with E-state index in [4.69, 9.17) is 10.6 Å². The molecule has 0 bridgehead atoms. The van der Waals surface area contributed by atoms with Gasteiger partial charge in [0.25, 0.3) is 0 Å². The second-order valence-corrected chi connectivity index (χ2v) is 4.04. The Morgan fingerprint density at radius 2 is 2.05 bits per heavy atom. The Morgan fingerprint density at radius 3 is 2.70 bits per heavy atom. The van der Waals surface area contributed by atoms with Gasteiger partial charge in [0.15, 0.2) is 11.6 Å². The van der Waals surface area contributed by atoms with Crippen LogP contribution in [-0.4, -0.2) is 16.6 Å². The zero-order valence-electron chi connectivity index (χ0n) is 11.3. The van der Waals surface area contributed by atoms with E-state index in [9.17, 15) is 4.39 Å². The highest BCUT2D eigenvalue weighted by molar-refractivity contribution is 5.64. The SMILES string of the molecule is CCOc1ccc(Nc2ncnc(NN)c2C)cc1F. The first kappa shape index (κ1) is 14.0. The van der Waals surface area contributed by atoms with Gasteiger partial charge in [0.2, 0.25) is 0 Å². The van der Waals surface area contributed by atoms with E-state index in [0.717, 1.165) is 5.56 Å². The number of nitrogens with zero attached hydrogens (tertiary/aromatic N) is 2. The Bertz CT molecular complexity index is 605. The van der Waals surface area contributed by atoms with E-state index in [-0.39, 0.29) is 5.75 Å². The van der Waals surface area contributed by atoms with Gasteiger partial charge in [-0.25, -0.2) is 20.2 Å². The van der Waals surface area contributed by atoms with Crippen molar-refractivity contribution in [2.75, 3.05) is 17.3 Å². The smallest absolute Gasteiger partial charge is 0.167 e. The average molecular weight is 277 g/mol. The molecule has 1 aromatic carbocycles.